The number of rotatable bonds is 3. The number of carbonyl (C=O) groups excluding carboxylic acids is 1. The second-order valence-electron chi connectivity index (χ2n) is 5.52. The first-order valence-electron chi connectivity index (χ1n) is 6.89. The summed E-state index contributed by atoms with van der Waals surface area (Å²) in [7, 11) is 0. The highest BCUT2D eigenvalue weighted by molar-refractivity contribution is 6.31. The average Bonchev–Trinajstić information content (AvgIpc) is 3.14. The Bertz CT molecular complexity index is 741. The van der Waals surface area contributed by atoms with Crippen molar-refractivity contribution in [3.63, 3.8) is 0 Å². The lowest BCUT2D eigenvalue weighted by Gasteiger charge is -2.23. The van der Waals surface area contributed by atoms with E-state index < -0.39 is 28.2 Å². The zero-order valence-electron chi connectivity index (χ0n) is 11.9. The van der Waals surface area contributed by atoms with Crippen molar-refractivity contribution in [1.82, 2.24) is 19.9 Å². The van der Waals surface area contributed by atoms with Gasteiger partial charge in [-0.3, -0.25) is 4.79 Å². The van der Waals surface area contributed by atoms with Gasteiger partial charge in [-0.25, -0.2) is 13.5 Å². The van der Waals surface area contributed by atoms with Crippen molar-refractivity contribution in [2.24, 2.45) is 0 Å². The number of carbonyl (C=O) groups is 1. The van der Waals surface area contributed by atoms with Gasteiger partial charge in [0.1, 0.15) is 16.4 Å². The number of aromatic nitrogens is 3. The number of hydrogen-bond acceptors (Lipinski definition) is 4. The Morgan fingerprint density at radius 2 is 2.22 bits per heavy atom. The minimum Gasteiger partial charge on any atom is -0.386 e. The molecule has 6 nitrogen and oxygen atoms in total. The first-order valence-corrected chi connectivity index (χ1v) is 7.27. The number of aliphatic hydroxyl groups is 1. The molecule has 3 rings (SSSR count). The summed E-state index contributed by atoms with van der Waals surface area (Å²) in [6.45, 7) is 0.433. The highest BCUT2D eigenvalue weighted by atomic mass is 35.5. The molecule has 1 aliphatic heterocycles. The Morgan fingerprint density at radius 3 is 2.91 bits per heavy atom. The van der Waals surface area contributed by atoms with E-state index in [0.717, 1.165) is 12.1 Å². The van der Waals surface area contributed by atoms with Crippen LogP contribution in [0.5, 0.6) is 0 Å². The van der Waals surface area contributed by atoms with Crippen LogP contribution >= 0.6 is 11.6 Å². The lowest BCUT2D eigenvalue weighted by atomic mass is 10.0. The van der Waals surface area contributed by atoms with Crippen LogP contribution in [0.3, 0.4) is 0 Å². The zero-order valence-corrected chi connectivity index (χ0v) is 12.7. The molecule has 1 saturated heterocycles. The van der Waals surface area contributed by atoms with Crippen LogP contribution in [0, 0.1) is 11.6 Å². The van der Waals surface area contributed by atoms with Gasteiger partial charge in [0, 0.05) is 12.7 Å². The Labute approximate surface area is 135 Å². The fraction of sp³-hybridized carbons (Fsp3) is 0.357. The van der Waals surface area contributed by atoms with Gasteiger partial charge in [0.05, 0.1) is 24.8 Å². The molecule has 0 bridgehead atoms. The van der Waals surface area contributed by atoms with Crippen molar-refractivity contribution in [2.45, 2.75) is 18.6 Å². The molecule has 0 spiro atoms. The molecule has 122 valence electrons. The van der Waals surface area contributed by atoms with Crippen LogP contribution in [0.2, 0.25) is 5.02 Å². The van der Waals surface area contributed by atoms with Crippen LogP contribution in [0.1, 0.15) is 16.8 Å². The van der Waals surface area contributed by atoms with Gasteiger partial charge in [0.25, 0.3) is 5.91 Å². The number of nitrogens with zero attached hydrogens (tertiary/aromatic N) is 4. The SMILES string of the molecule is O=C(c1ccc(F)c(Cl)c1F)N1CCC(O)(Cn2ccnn2)C1. The van der Waals surface area contributed by atoms with Gasteiger partial charge in [-0.1, -0.05) is 16.8 Å². The third-order valence-electron chi connectivity index (χ3n) is 3.81. The van der Waals surface area contributed by atoms with E-state index in [4.69, 9.17) is 11.6 Å². The predicted octanol–water partition coefficient (Wildman–Crippen LogP) is 1.49. The van der Waals surface area contributed by atoms with E-state index in [2.05, 4.69) is 10.3 Å². The van der Waals surface area contributed by atoms with E-state index >= 15 is 0 Å². The minimum absolute atomic E-state index is 0.0140. The van der Waals surface area contributed by atoms with E-state index in [-0.39, 0.29) is 25.2 Å². The third-order valence-corrected chi connectivity index (χ3v) is 4.16. The second kappa shape index (κ2) is 5.86. The molecule has 9 heteroatoms. The largest absolute Gasteiger partial charge is 0.386 e. The molecule has 2 heterocycles. The first kappa shape index (κ1) is 15.8. The molecule has 0 saturated carbocycles. The van der Waals surface area contributed by atoms with Crippen LogP contribution in [0.15, 0.2) is 24.5 Å². The van der Waals surface area contributed by atoms with Crippen LogP contribution in [0.4, 0.5) is 8.78 Å². The summed E-state index contributed by atoms with van der Waals surface area (Å²) in [5, 5.41) is 17.2. The fourth-order valence-electron chi connectivity index (χ4n) is 2.64. The average molecular weight is 343 g/mol. The maximum absolute atomic E-state index is 14.0. The Balaban J connectivity index is 1.76. The molecule has 1 aromatic heterocycles. The summed E-state index contributed by atoms with van der Waals surface area (Å²) in [6.07, 6.45) is 3.40. The lowest BCUT2D eigenvalue weighted by molar-refractivity contribution is 0.0266. The van der Waals surface area contributed by atoms with Crippen LogP contribution < -0.4 is 0 Å². The summed E-state index contributed by atoms with van der Waals surface area (Å²) in [6, 6.07) is 1.99. The molecule has 0 radical (unpaired) electrons. The lowest BCUT2D eigenvalue weighted by Crippen LogP contribution is -2.39. The van der Waals surface area contributed by atoms with Gasteiger partial charge in [0.2, 0.25) is 0 Å². The number of amides is 1. The molecular weight excluding hydrogens is 330 g/mol. The van der Waals surface area contributed by atoms with Crippen molar-refractivity contribution in [3.8, 4) is 0 Å². The molecule has 1 N–H and O–H groups in total. The van der Waals surface area contributed by atoms with E-state index in [1.165, 1.54) is 15.8 Å². The highest BCUT2D eigenvalue weighted by Crippen LogP contribution is 2.27. The normalized spacial score (nSPS) is 21.0. The Morgan fingerprint density at radius 1 is 1.43 bits per heavy atom. The monoisotopic (exact) mass is 342 g/mol. The summed E-state index contributed by atoms with van der Waals surface area (Å²) < 4.78 is 28.6. The van der Waals surface area contributed by atoms with Gasteiger partial charge >= 0.3 is 0 Å². The smallest absolute Gasteiger partial charge is 0.256 e. The molecule has 1 atom stereocenters. The van der Waals surface area contributed by atoms with E-state index in [9.17, 15) is 18.7 Å². The number of hydrogen-bond donors (Lipinski definition) is 1. The molecule has 1 fully saturated rings. The third kappa shape index (κ3) is 3.04. The van der Waals surface area contributed by atoms with E-state index in [1.807, 2.05) is 0 Å². The number of β-amino-alcohol motifs (C(OH)–C–C–N with tert-alkyl or cyclic N) is 1. The molecule has 23 heavy (non-hydrogen) atoms. The van der Waals surface area contributed by atoms with E-state index in [1.54, 1.807) is 6.20 Å². The number of halogens is 3. The summed E-state index contributed by atoms with van der Waals surface area (Å²) in [5.74, 6) is -2.66. The van der Waals surface area contributed by atoms with Gasteiger partial charge < -0.3 is 10.0 Å². The molecule has 1 aromatic carbocycles. The topological polar surface area (TPSA) is 71.2 Å². The van der Waals surface area contributed by atoms with Crippen LogP contribution in [-0.2, 0) is 6.54 Å². The quantitative estimate of drug-likeness (QED) is 0.858. The van der Waals surface area contributed by atoms with Crippen molar-refractivity contribution < 1.29 is 18.7 Å². The van der Waals surface area contributed by atoms with Gasteiger partial charge in [-0.15, -0.1) is 5.10 Å². The molecule has 1 aliphatic rings. The Kier molecular flexibility index (Phi) is 4.03. The summed E-state index contributed by atoms with van der Waals surface area (Å²) in [5.41, 5.74) is -1.50. The minimum atomic E-state index is -1.18. The maximum atomic E-state index is 14.0. The van der Waals surface area contributed by atoms with Crippen LogP contribution in [-0.4, -0.2) is 49.6 Å². The molecule has 1 unspecified atom stereocenters. The predicted molar refractivity (Wildman–Crippen MR) is 76.9 cm³/mol. The molecule has 2 aromatic rings. The second-order valence-corrected chi connectivity index (χ2v) is 5.90. The van der Waals surface area contributed by atoms with Gasteiger partial charge in [0.15, 0.2) is 5.82 Å². The highest BCUT2D eigenvalue weighted by Gasteiger charge is 2.39. The number of likely N-dealkylation sites (tertiary alicyclic amines) is 1. The van der Waals surface area contributed by atoms with Gasteiger partial charge in [-0.2, -0.15) is 0 Å². The van der Waals surface area contributed by atoms with Crippen molar-refractivity contribution in [2.75, 3.05) is 13.1 Å². The standard InChI is InChI=1S/C14H13ClF2N4O2/c15-11-10(16)2-1-9(12(11)17)13(22)20-5-3-14(23,7-20)8-21-6-4-18-19-21/h1-2,4,6,23H,3,5,7-8H2. The maximum Gasteiger partial charge on any atom is 0.256 e. The number of benzene rings is 1. The fourth-order valence-corrected chi connectivity index (χ4v) is 2.80. The molecular formula is C14H13ClF2N4O2. The van der Waals surface area contributed by atoms with Crippen LogP contribution in [0.25, 0.3) is 0 Å². The molecule has 0 aliphatic carbocycles. The van der Waals surface area contributed by atoms with Gasteiger partial charge in [-0.05, 0) is 18.6 Å². The van der Waals surface area contributed by atoms with Crippen molar-refractivity contribution >= 4 is 17.5 Å². The molecule has 1 amide bonds. The summed E-state index contributed by atoms with van der Waals surface area (Å²) in [4.78, 5) is 13.7. The summed E-state index contributed by atoms with van der Waals surface area (Å²) >= 11 is 5.50. The Hall–Kier alpha value is -2.06. The van der Waals surface area contributed by atoms with Crippen molar-refractivity contribution in [3.05, 3.63) is 46.7 Å². The van der Waals surface area contributed by atoms with E-state index in [0.29, 0.717) is 6.42 Å². The van der Waals surface area contributed by atoms with Crippen molar-refractivity contribution in [1.29, 1.82) is 0 Å². The first-order chi connectivity index (χ1) is 10.9. The zero-order chi connectivity index (χ0) is 16.6.